The number of piperidine rings is 1. The number of benzene rings is 1. The topological polar surface area (TPSA) is 72.7 Å². The Balaban J connectivity index is 1.54. The molecule has 6 nitrogen and oxygen atoms in total. The van der Waals surface area contributed by atoms with Gasteiger partial charge in [0.15, 0.2) is 0 Å². The Bertz CT molecular complexity index is 491. The van der Waals surface area contributed by atoms with Crippen molar-refractivity contribution >= 4 is 11.5 Å². The number of likely N-dealkylation sites (tertiary alicyclic amines) is 1. The molecule has 0 aromatic heterocycles. The van der Waals surface area contributed by atoms with Crippen molar-refractivity contribution in [2.45, 2.75) is 32.1 Å². The highest BCUT2D eigenvalue weighted by atomic mass is 16.6. The molecule has 1 aromatic rings. The lowest BCUT2D eigenvalue weighted by Crippen LogP contribution is -2.34. The number of hydrogen-bond donors (Lipinski definition) is 0. The van der Waals surface area contributed by atoms with Gasteiger partial charge in [0.05, 0.1) is 11.5 Å². The zero-order chi connectivity index (χ0) is 15.8. The fraction of sp³-hybridized carbons (Fsp3) is 0.562. The average Bonchev–Trinajstić information content (AvgIpc) is 2.53. The number of carbonyl (C=O) groups is 1. The molecule has 1 saturated heterocycles. The van der Waals surface area contributed by atoms with Gasteiger partial charge in [0.25, 0.3) is 5.69 Å². The monoisotopic (exact) mass is 306 g/mol. The Hall–Kier alpha value is -1.95. The van der Waals surface area contributed by atoms with E-state index in [2.05, 4.69) is 4.90 Å². The third kappa shape index (κ3) is 5.44. The zero-order valence-electron chi connectivity index (χ0n) is 12.7. The lowest BCUT2D eigenvalue weighted by atomic mass is 10.1. The predicted molar refractivity (Wildman–Crippen MR) is 83.1 cm³/mol. The molecule has 0 aliphatic carbocycles. The quantitative estimate of drug-likeness (QED) is 0.419. The molecule has 22 heavy (non-hydrogen) atoms. The number of non-ortho nitro benzene ring substituents is 1. The van der Waals surface area contributed by atoms with Gasteiger partial charge in [-0.15, -0.1) is 0 Å². The van der Waals surface area contributed by atoms with Gasteiger partial charge >= 0.3 is 0 Å². The van der Waals surface area contributed by atoms with Crippen LogP contribution in [0.1, 0.15) is 32.1 Å². The highest BCUT2D eigenvalue weighted by Gasteiger charge is 2.14. The molecule has 0 N–H and O–H groups in total. The van der Waals surface area contributed by atoms with Crippen molar-refractivity contribution in [2.75, 3.05) is 26.2 Å². The third-order valence-corrected chi connectivity index (χ3v) is 3.85. The van der Waals surface area contributed by atoms with E-state index in [0.29, 0.717) is 31.0 Å². The van der Waals surface area contributed by atoms with Gasteiger partial charge in [-0.1, -0.05) is 0 Å². The molecule has 0 saturated carbocycles. The van der Waals surface area contributed by atoms with Crippen molar-refractivity contribution < 1.29 is 14.5 Å². The summed E-state index contributed by atoms with van der Waals surface area (Å²) in [5.41, 5.74) is 0.0763. The maximum atomic E-state index is 11.1. The predicted octanol–water partition coefficient (Wildman–Crippen LogP) is 2.81. The lowest BCUT2D eigenvalue weighted by Gasteiger charge is -2.25. The van der Waals surface area contributed by atoms with Crippen LogP contribution in [-0.4, -0.2) is 41.8 Å². The van der Waals surface area contributed by atoms with Gasteiger partial charge in [-0.05, 0) is 37.9 Å². The molecule has 0 radical (unpaired) electrons. The summed E-state index contributed by atoms with van der Waals surface area (Å²) in [5.74, 6) is 1.05. The summed E-state index contributed by atoms with van der Waals surface area (Å²) in [6.45, 7) is 3.47. The van der Waals surface area contributed by atoms with E-state index in [4.69, 9.17) is 4.74 Å². The van der Waals surface area contributed by atoms with Crippen molar-refractivity contribution in [1.82, 2.24) is 4.90 Å². The summed E-state index contributed by atoms with van der Waals surface area (Å²) in [4.78, 5) is 23.6. The highest BCUT2D eigenvalue weighted by Crippen LogP contribution is 2.17. The normalized spacial score (nSPS) is 15.7. The Labute approximate surface area is 130 Å². The average molecular weight is 306 g/mol. The van der Waals surface area contributed by atoms with E-state index >= 15 is 0 Å². The number of rotatable bonds is 8. The SMILES string of the molecule is O=C1CCN(CCCCCOc2ccc([N+](=O)[O-])cc2)CC1. The van der Waals surface area contributed by atoms with Crippen molar-refractivity contribution in [1.29, 1.82) is 0 Å². The van der Waals surface area contributed by atoms with E-state index in [1.165, 1.54) is 12.1 Å². The van der Waals surface area contributed by atoms with Gasteiger partial charge in [0, 0.05) is 38.1 Å². The largest absolute Gasteiger partial charge is 0.494 e. The highest BCUT2D eigenvalue weighted by molar-refractivity contribution is 5.79. The van der Waals surface area contributed by atoms with Crippen molar-refractivity contribution in [3.8, 4) is 5.75 Å². The van der Waals surface area contributed by atoms with Crippen molar-refractivity contribution in [2.24, 2.45) is 0 Å². The zero-order valence-corrected chi connectivity index (χ0v) is 12.7. The molecule has 1 aliphatic heterocycles. The van der Waals surface area contributed by atoms with E-state index in [0.717, 1.165) is 38.9 Å². The molecule has 1 fully saturated rings. The summed E-state index contributed by atoms with van der Waals surface area (Å²) in [7, 11) is 0. The van der Waals surface area contributed by atoms with Gasteiger partial charge in [-0.3, -0.25) is 14.9 Å². The van der Waals surface area contributed by atoms with Crippen LogP contribution < -0.4 is 4.74 Å². The minimum Gasteiger partial charge on any atom is -0.494 e. The maximum Gasteiger partial charge on any atom is 0.269 e. The van der Waals surface area contributed by atoms with E-state index in [9.17, 15) is 14.9 Å². The van der Waals surface area contributed by atoms with Crippen LogP contribution in [0.5, 0.6) is 5.75 Å². The van der Waals surface area contributed by atoms with Crippen LogP contribution in [0.3, 0.4) is 0 Å². The van der Waals surface area contributed by atoms with Crippen LogP contribution in [0, 0.1) is 10.1 Å². The van der Waals surface area contributed by atoms with Gasteiger partial charge in [-0.2, -0.15) is 0 Å². The van der Waals surface area contributed by atoms with Gasteiger partial charge in [0.1, 0.15) is 11.5 Å². The number of nitro groups is 1. The van der Waals surface area contributed by atoms with E-state index in [1.807, 2.05) is 0 Å². The van der Waals surface area contributed by atoms with Crippen molar-refractivity contribution in [3.63, 3.8) is 0 Å². The molecule has 6 heteroatoms. The fourth-order valence-electron chi connectivity index (χ4n) is 2.49. The molecule has 0 unspecified atom stereocenters. The van der Waals surface area contributed by atoms with Gasteiger partial charge in [0.2, 0.25) is 0 Å². The lowest BCUT2D eigenvalue weighted by molar-refractivity contribution is -0.384. The molecule has 1 aliphatic rings. The molecule has 2 rings (SSSR count). The second kappa shape index (κ2) is 8.48. The number of nitrogens with zero attached hydrogens (tertiary/aromatic N) is 2. The summed E-state index contributed by atoms with van der Waals surface area (Å²) >= 11 is 0. The number of ether oxygens (including phenoxy) is 1. The molecule has 0 atom stereocenters. The molecule has 1 aromatic carbocycles. The minimum atomic E-state index is -0.419. The molecule has 0 spiro atoms. The maximum absolute atomic E-state index is 11.1. The first-order valence-electron chi connectivity index (χ1n) is 7.76. The third-order valence-electron chi connectivity index (χ3n) is 3.85. The molecule has 0 bridgehead atoms. The Morgan fingerprint density at radius 1 is 1.09 bits per heavy atom. The molecule has 1 heterocycles. The second-order valence-corrected chi connectivity index (χ2v) is 5.54. The molecular weight excluding hydrogens is 284 g/mol. The standard InChI is InChI=1S/C16H22N2O4/c19-15-8-11-17(12-9-15)10-2-1-3-13-22-16-6-4-14(5-7-16)18(20)21/h4-7H,1-3,8-13H2. The first-order valence-corrected chi connectivity index (χ1v) is 7.76. The second-order valence-electron chi connectivity index (χ2n) is 5.54. The van der Waals surface area contributed by atoms with Gasteiger partial charge < -0.3 is 9.64 Å². The first-order chi connectivity index (χ1) is 10.6. The first kappa shape index (κ1) is 16.4. The fourth-order valence-corrected chi connectivity index (χ4v) is 2.49. The number of unbranched alkanes of at least 4 members (excludes halogenated alkanes) is 2. The van der Waals surface area contributed by atoms with Crippen LogP contribution in [0.15, 0.2) is 24.3 Å². The Morgan fingerprint density at radius 2 is 1.77 bits per heavy atom. The Kier molecular flexibility index (Phi) is 6.33. The summed E-state index contributed by atoms with van der Waals surface area (Å²) in [6, 6.07) is 6.16. The summed E-state index contributed by atoms with van der Waals surface area (Å²) < 4.78 is 5.57. The van der Waals surface area contributed by atoms with Crippen LogP contribution in [-0.2, 0) is 4.79 Å². The smallest absolute Gasteiger partial charge is 0.269 e. The van der Waals surface area contributed by atoms with E-state index < -0.39 is 4.92 Å². The number of nitro benzene ring substituents is 1. The number of hydrogen-bond acceptors (Lipinski definition) is 5. The van der Waals surface area contributed by atoms with Crippen LogP contribution in [0.2, 0.25) is 0 Å². The van der Waals surface area contributed by atoms with Crippen LogP contribution in [0.4, 0.5) is 5.69 Å². The summed E-state index contributed by atoms with van der Waals surface area (Å²) in [5, 5.41) is 10.5. The molecule has 0 amide bonds. The van der Waals surface area contributed by atoms with Crippen LogP contribution in [0.25, 0.3) is 0 Å². The van der Waals surface area contributed by atoms with E-state index in [1.54, 1.807) is 12.1 Å². The number of carbonyl (C=O) groups excluding carboxylic acids is 1. The van der Waals surface area contributed by atoms with Crippen LogP contribution >= 0.6 is 0 Å². The van der Waals surface area contributed by atoms with Crippen molar-refractivity contribution in [3.05, 3.63) is 34.4 Å². The molecule has 120 valence electrons. The minimum absolute atomic E-state index is 0.0763. The summed E-state index contributed by atoms with van der Waals surface area (Å²) in [6.07, 6.45) is 4.55. The van der Waals surface area contributed by atoms with Gasteiger partial charge in [-0.25, -0.2) is 0 Å². The number of ketones is 1. The molecular formula is C16H22N2O4. The van der Waals surface area contributed by atoms with E-state index in [-0.39, 0.29) is 5.69 Å². The number of Topliss-reactive ketones (excluding diaryl/α,β-unsaturated/α-hetero) is 1. The Morgan fingerprint density at radius 3 is 2.41 bits per heavy atom.